The fourth-order valence-corrected chi connectivity index (χ4v) is 3.31. The fraction of sp³-hybridized carbons (Fsp3) is 0.611. The minimum absolute atomic E-state index is 0.0117. The molecule has 1 aromatic carbocycles. The number of nitrogens with one attached hydrogen (secondary N) is 1. The van der Waals surface area contributed by atoms with E-state index in [1.54, 1.807) is 14.2 Å². The molecule has 1 amide bonds. The Labute approximate surface area is 149 Å². The maximum absolute atomic E-state index is 12.9. The molecule has 5 nitrogen and oxygen atoms in total. The average Bonchev–Trinajstić information content (AvgIpc) is 3.07. The second-order valence-electron chi connectivity index (χ2n) is 6.28. The summed E-state index contributed by atoms with van der Waals surface area (Å²) in [6.07, 6.45) is 4.09. The van der Waals surface area contributed by atoms with Crippen molar-refractivity contribution in [2.75, 3.05) is 27.8 Å². The Morgan fingerprint density at radius 3 is 2.38 bits per heavy atom. The van der Waals surface area contributed by atoms with Crippen LogP contribution in [-0.2, 0) is 14.3 Å². The van der Waals surface area contributed by atoms with E-state index in [4.69, 9.17) is 21.1 Å². The number of likely N-dealkylation sites (N-methyl/N-ethyl adjacent to an activating group) is 1. The highest BCUT2D eigenvalue weighted by atomic mass is 35.5. The van der Waals surface area contributed by atoms with Crippen molar-refractivity contribution in [2.24, 2.45) is 0 Å². The highest BCUT2D eigenvalue weighted by molar-refractivity contribution is 6.30. The second-order valence-corrected chi connectivity index (χ2v) is 6.72. The largest absolute Gasteiger partial charge is 0.355 e. The molecule has 1 aliphatic carbocycles. The van der Waals surface area contributed by atoms with E-state index >= 15 is 0 Å². The first-order chi connectivity index (χ1) is 11.5. The molecule has 6 heteroatoms. The number of hydrogen-bond acceptors (Lipinski definition) is 4. The number of nitrogens with zero attached hydrogens (tertiary/aromatic N) is 1. The van der Waals surface area contributed by atoms with E-state index in [-0.39, 0.29) is 18.2 Å². The summed E-state index contributed by atoms with van der Waals surface area (Å²) in [5.74, 6) is 0.0117. The summed E-state index contributed by atoms with van der Waals surface area (Å²) in [5, 5.41) is 3.84. The van der Waals surface area contributed by atoms with Gasteiger partial charge in [-0.1, -0.05) is 36.6 Å². The number of carbonyl (C=O) groups is 1. The summed E-state index contributed by atoms with van der Waals surface area (Å²) in [6, 6.07) is 7.28. The highest BCUT2D eigenvalue weighted by Gasteiger charge is 2.29. The lowest BCUT2D eigenvalue weighted by Gasteiger charge is -2.30. The summed E-state index contributed by atoms with van der Waals surface area (Å²) in [6.45, 7) is 0.485. The molecule has 134 valence electrons. The lowest BCUT2D eigenvalue weighted by atomic mass is 10.0. The molecule has 1 fully saturated rings. The van der Waals surface area contributed by atoms with Gasteiger partial charge in [0.05, 0.1) is 6.54 Å². The van der Waals surface area contributed by atoms with Gasteiger partial charge in [-0.3, -0.25) is 9.69 Å². The van der Waals surface area contributed by atoms with Crippen molar-refractivity contribution >= 4 is 17.5 Å². The van der Waals surface area contributed by atoms with Crippen LogP contribution >= 0.6 is 11.6 Å². The van der Waals surface area contributed by atoms with Crippen LogP contribution in [0.3, 0.4) is 0 Å². The van der Waals surface area contributed by atoms with Crippen molar-refractivity contribution in [3.8, 4) is 0 Å². The van der Waals surface area contributed by atoms with Gasteiger partial charge >= 0.3 is 0 Å². The molecule has 1 aliphatic rings. The molecule has 1 saturated carbocycles. The van der Waals surface area contributed by atoms with Crippen molar-refractivity contribution in [2.45, 2.75) is 44.1 Å². The van der Waals surface area contributed by atoms with E-state index in [1.165, 1.54) is 12.8 Å². The van der Waals surface area contributed by atoms with Crippen LogP contribution in [0.2, 0.25) is 5.02 Å². The fourth-order valence-electron chi connectivity index (χ4n) is 3.19. The molecule has 1 N–H and O–H groups in total. The smallest absolute Gasteiger partial charge is 0.242 e. The van der Waals surface area contributed by atoms with Crippen LogP contribution in [0, 0.1) is 0 Å². The SMILES string of the molecule is COC(CN(C)[C@H](C(=O)NC1CCCC1)c1ccc(Cl)cc1)OC. The van der Waals surface area contributed by atoms with Crippen LogP contribution < -0.4 is 5.32 Å². The second kappa shape index (κ2) is 9.37. The van der Waals surface area contributed by atoms with Gasteiger partial charge in [-0.25, -0.2) is 0 Å². The zero-order valence-electron chi connectivity index (χ0n) is 14.6. The minimum Gasteiger partial charge on any atom is -0.355 e. The van der Waals surface area contributed by atoms with E-state index in [9.17, 15) is 4.79 Å². The third kappa shape index (κ3) is 5.18. The summed E-state index contributed by atoms with van der Waals surface area (Å²) in [4.78, 5) is 14.9. The lowest BCUT2D eigenvalue weighted by molar-refractivity contribution is -0.135. The normalized spacial score (nSPS) is 16.8. The van der Waals surface area contributed by atoms with Gasteiger partial charge in [-0.2, -0.15) is 0 Å². The van der Waals surface area contributed by atoms with E-state index in [2.05, 4.69) is 5.32 Å². The minimum atomic E-state index is -0.407. The third-order valence-electron chi connectivity index (χ3n) is 4.54. The number of methoxy groups -OCH3 is 2. The van der Waals surface area contributed by atoms with Crippen LogP contribution in [0.25, 0.3) is 0 Å². The molecule has 0 saturated heterocycles. The summed E-state index contributed by atoms with van der Waals surface area (Å²) in [5.41, 5.74) is 0.906. The summed E-state index contributed by atoms with van der Waals surface area (Å²) >= 11 is 5.99. The van der Waals surface area contributed by atoms with Crippen LogP contribution in [0.4, 0.5) is 0 Å². The van der Waals surface area contributed by atoms with Gasteiger partial charge in [-0.05, 0) is 37.6 Å². The van der Waals surface area contributed by atoms with Crippen LogP contribution in [0.1, 0.15) is 37.3 Å². The van der Waals surface area contributed by atoms with Crippen molar-refractivity contribution in [1.82, 2.24) is 10.2 Å². The molecule has 24 heavy (non-hydrogen) atoms. The highest BCUT2D eigenvalue weighted by Crippen LogP contribution is 2.24. The van der Waals surface area contributed by atoms with E-state index in [0.717, 1.165) is 18.4 Å². The molecular weight excluding hydrogens is 328 g/mol. The molecule has 0 aromatic heterocycles. The van der Waals surface area contributed by atoms with Crippen molar-refractivity contribution in [1.29, 1.82) is 0 Å². The van der Waals surface area contributed by atoms with Gasteiger partial charge in [0.1, 0.15) is 6.04 Å². The van der Waals surface area contributed by atoms with Gasteiger partial charge in [-0.15, -0.1) is 0 Å². The Kier molecular flexibility index (Phi) is 7.49. The van der Waals surface area contributed by atoms with Gasteiger partial charge in [0.25, 0.3) is 0 Å². The zero-order chi connectivity index (χ0) is 17.5. The maximum Gasteiger partial charge on any atom is 0.242 e. The van der Waals surface area contributed by atoms with Crippen LogP contribution in [-0.4, -0.2) is 51.0 Å². The first-order valence-electron chi connectivity index (χ1n) is 8.36. The molecule has 0 heterocycles. The first kappa shape index (κ1) is 19.2. The molecule has 0 bridgehead atoms. The molecule has 0 radical (unpaired) electrons. The number of ether oxygens (including phenoxy) is 2. The number of benzene rings is 1. The summed E-state index contributed by atoms with van der Waals surface area (Å²) in [7, 11) is 5.09. The molecule has 1 aromatic rings. The molecule has 0 unspecified atom stereocenters. The monoisotopic (exact) mass is 354 g/mol. The summed E-state index contributed by atoms with van der Waals surface area (Å²) < 4.78 is 10.5. The van der Waals surface area contributed by atoms with E-state index in [1.807, 2.05) is 36.2 Å². The number of amides is 1. The van der Waals surface area contributed by atoms with Crippen LogP contribution in [0.5, 0.6) is 0 Å². The van der Waals surface area contributed by atoms with Gasteiger partial charge in [0.2, 0.25) is 5.91 Å². The Balaban J connectivity index is 2.16. The number of hydrogen-bond donors (Lipinski definition) is 1. The zero-order valence-corrected chi connectivity index (χ0v) is 15.4. The van der Waals surface area contributed by atoms with Crippen LogP contribution in [0.15, 0.2) is 24.3 Å². The lowest BCUT2D eigenvalue weighted by Crippen LogP contribution is -2.45. The molecule has 2 rings (SSSR count). The van der Waals surface area contributed by atoms with Crippen molar-refractivity contribution < 1.29 is 14.3 Å². The average molecular weight is 355 g/mol. The Morgan fingerprint density at radius 1 is 1.25 bits per heavy atom. The number of rotatable bonds is 8. The molecule has 0 spiro atoms. The Bertz CT molecular complexity index is 514. The predicted octanol–water partition coefficient (Wildman–Crippen LogP) is 2.99. The van der Waals surface area contributed by atoms with Crippen molar-refractivity contribution in [3.63, 3.8) is 0 Å². The Hall–Kier alpha value is -1.14. The van der Waals surface area contributed by atoms with Gasteiger partial charge in [0, 0.05) is 25.3 Å². The standard InChI is InChI=1S/C18H27ClN2O3/c1-21(12-16(23-2)24-3)17(13-8-10-14(19)11-9-13)18(22)20-15-6-4-5-7-15/h8-11,15-17H,4-7,12H2,1-3H3,(H,20,22)/t17-/m0/s1. The maximum atomic E-state index is 12.9. The Morgan fingerprint density at radius 2 is 1.83 bits per heavy atom. The van der Waals surface area contributed by atoms with Gasteiger partial charge in [0.15, 0.2) is 6.29 Å². The first-order valence-corrected chi connectivity index (χ1v) is 8.74. The quantitative estimate of drug-likeness (QED) is 0.729. The third-order valence-corrected chi connectivity index (χ3v) is 4.79. The predicted molar refractivity (Wildman–Crippen MR) is 95.0 cm³/mol. The molecular formula is C18H27ClN2O3. The number of halogens is 1. The molecule has 1 atom stereocenters. The molecule has 0 aliphatic heterocycles. The van der Waals surface area contributed by atoms with E-state index in [0.29, 0.717) is 11.6 Å². The van der Waals surface area contributed by atoms with E-state index < -0.39 is 6.04 Å². The van der Waals surface area contributed by atoms with Crippen molar-refractivity contribution in [3.05, 3.63) is 34.9 Å². The number of carbonyl (C=O) groups excluding carboxylic acids is 1. The topological polar surface area (TPSA) is 50.8 Å². The van der Waals surface area contributed by atoms with Gasteiger partial charge < -0.3 is 14.8 Å².